The van der Waals surface area contributed by atoms with Gasteiger partial charge in [0.15, 0.2) is 0 Å². The molecular weight excluding hydrogens is 384 g/mol. The van der Waals surface area contributed by atoms with Crippen molar-refractivity contribution in [3.05, 3.63) is 60.7 Å². The maximum Gasteiger partial charge on any atom is -0.172 e. The van der Waals surface area contributed by atoms with Gasteiger partial charge in [-0.05, 0) is 0 Å². The largest absolute Gasteiger partial charge is 1.00 e. The average Bonchev–Trinajstić information content (AvgIpc) is 3.14. The molecule has 0 N–H and O–H groups in total. The van der Waals surface area contributed by atoms with E-state index in [9.17, 15) is 0 Å². The molecule has 0 spiro atoms. The molecule has 24 heavy (non-hydrogen) atoms. The smallest absolute Gasteiger partial charge is 0.172 e. The Morgan fingerprint density at radius 1 is 0.792 bits per heavy atom. The zero-order valence-corrected chi connectivity index (χ0v) is 20.2. The first kappa shape index (κ1) is 23.8. The van der Waals surface area contributed by atoms with Crippen molar-refractivity contribution in [2.45, 2.75) is 66.5 Å². The zero-order valence-electron chi connectivity index (χ0n) is 17.8. The van der Waals surface area contributed by atoms with Gasteiger partial charge in [0.05, 0.1) is 0 Å². The molecule has 0 aliphatic heterocycles. The minimum absolute atomic E-state index is 0. The summed E-state index contributed by atoms with van der Waals surface area (Å²) in [6, 6.07) is 20.0. The second-order valence-corrected chi connectivity index (χ2v) is 16.8. The van der Waals surface area contributed by atoms with Gasteiger partial charge in [0.25, 0.3) is 0 Å². The maximum absolute atomic E-state index is 2.51. The molecule has 0 aromatic heterocycles. The summed E-state index contributed by atoms with van der Waals surface area (Å²) < 4.78 is 0. The van der Waals surface area contributed by atoms with Gasteiger partial charge in [-0.2, -0.15) is 36.4 Å². The standard InChI is InChI=1S/C12H26Si.2C5H5.Zr.H/c1-11(2,3)8-10(13-7)9-12(4,5)6;2*1-2-4-5-3-1;;/h10H,8-9H2,1-7H3;2*1-5H;;/q;2*-1;;-1. The molecule has 0 atom stereocenters. The molecule has 2 aromatic carbocycles. The second kappa shape index (κ2) is 12.2. The molecule has 0 radical (unpaired) electrons. The van der Waals surface area contributed by atoms with Crippen molar-refractivity contribution in [3.8, 4) is 0 Å². The number of hydrogen-bond donors (Lipinski definition) is 0. The van der Waals surface area contributed by atoms with Crippen LogP contribution in [-0.2, 0) is 23.3 Å². The summed E-state index contributed by atoms with van der Waals surface area (Å²) >= 11 is 1.80. The van der Waals surface area contributed by atoms with E-state index in [0.29, 0.717) is 10.8 Å². The van der Waals surface area contributed by atoms with Crippen molar-refractivity contribution in [1.82, 2.24) is 0 Å². The Kier molecular flexibility index (Phi) is 12.1. The third-order valence-corrected chi connectivity index (χ3v) is 8.08. The van der Waals surface area contributed by atoms with E-state index in [1.165, 1.54) is 12.8 Å². The monoisotopic (exact) mass is 419 g/mol. The van der Waals surface area contributed by atoms with E-state index in [-0.39, 0.29) is 6.86 Å². The van der Waals surface area contributed by atoms with Crippen LogP contribution >= 0.6 is 0 Å². The molecule has 0 unspecified atom stereocenters. The summed E-state index contributed by atoms with van der Waals surface area (Å²) in [5.74, 6) is 0. The van der Waals surface area contributed by atoms with Gasteiger partial charge in [-0.25, -0.2) is 24.3 Å². The van der Waals surface area contributed by atoms with Crippen LogP contribution in [0.3, 0.4) is 0 Å². The first-order chi connectivity index (χ1) is 11.0. The van der Waals surface area contributed by atoms with Crippen LogP contribution in [0.4, 0.5) is 0 Å². The predicted octanol–water partition coefficient (Wildman–Crippen LogP) is 7.32. The molecule has 136 valence electrons. The van der Waals surface area contributed by atoms with E-state index in [4.69, 9.17) is 0 Å². The fourth-order valence-electron chi connectivity index (χ4n) is 2.50. The van der Waals surface area contributed by atoms with Crippen molar-refractivity contribution in [3.63, 3.8) is 0 Å². The Balaban J connectivity index is 0. The summed E-state index contributed by atoms with van der Waals surface area (Å²) in [5, 5.41) is 0. The Bertz CT molecular complexity index is 425. The molecule has 2 rings (SSSR count). The molecule has 0 bridgehead atoms. The molecule has 2 heteroatoms. The van der Waals surface area contributed by atoms with Gasteiger partial charge < -0.3 is 1.43 Å². The molecular formula is C22H37SiZr-3. The first-order valence-electron chi connectivity index (χ1n) is 8.90. The zero-order chi connectivity index (χ0) is 18.6. The summed E-state index contributed by atoms with van der Waals surface area (Å²) in [6.45, 7) is 16.8. The molecule has 0 saturated heterocycles. The van der Waals surface area contributed by atoms with Gasteiger partial charge in [-0.15, -0.1) is 0 Å². The van der Waals surface area contributed by atoms with E-state index in [2.05, 4.69) is 48.1 Å². The van der Waals surface area contributed by atoms with Crippen LogP contribution in [0.25, 0.3) is 0 Å². The Morgan fingerprint density at radius 2 is 1.08 bits per heavy atom. The Hall–Kier alpha value is -0.200. The molecule has 0 aliphatic carbocycles. The van der Waals surface area contributed by atoms with Gasteiger partial charge in [-0.1, -0.05) is 0 Å². The normalized spacial score (nSPS) is 11.1. The van der Waals surface area contributed by atoms with E-state index in [1.807, 2.05) is 60.7 Å². The van der Waals surface area contributed by atoms with Gasteiger partial charge in [0.2, 0.25) is 0 Å². The molecule has 0 saturated carbocycles. The molecule has 0 nitrogen and oxygen atoms in total. The summed E-state index contributed by atoms with van der Waals surface area (Å²) in [4.78, 5) is 0. The van der Waals surface area contributed by atoms with Gasteiger partial charge in [-0.3, -0.25) is 0 Å². The van der Waals surface area contributed by atoms with Crippen LogP contribution in [0.15, 0.2) is 60.7 Å². The minimum Gasteiger partial charge on any atom is -1.00 e. The minimum atomic E-state index is -0.0488. The van der Waals surface area contributed by atoms with Crippen molar-refractivity contribution < 1.29 is 24.8 Å². The Labute approximate surface area is 167 Å². The first-order valence-corrected chi connectivity index (χ1v) is 14.7. The summed E-state index contributed by atoms with van der Waals surface area (Å²) in [6.07, 6.45) is 2.83. The van der Waals surface area contributed by atoms with Crippen molar-refractivity contribution in [2.75, 3.05) is 0 Å². The average molecular weight is 421 g/mol. The molecule has 0 aliphatic rings. The third-order valence-electron chi connectivity index (χ3n) is 3.44. The molecule has 0 amide bonds. The second-order valence-electron chi connectivity index (χ2n) is 8.83. The van der Waals surface area contributed by atoms with E-state index >= 15 is 0 Å². The SMILES string of the molecule is C[Si](=[Zr])C(CC(C)(C)C)CC(C)(C)C.[H-].c1cc[cH-]c1.c1cc[cH-]c1. The van der Waals surface area contributed by atoms with Crippen LogP contribution < -0.4 is 0 Å². The van der Waals surface area contributed by atoms with Crippen LogP contribution in [0.1, 0.15) is 55.8 Å². The van der Waals surface area contributed by atoms with Crippen LogP contribution in [-0.4, -0.2) is 5.43 Å². The van der Waals surface area contributed by atoms with Crippen LogP contribution in [0.5, 0.6) is 0 Å². The van der Waals surface area contributed by atoms with E-state index in [1.54, 1.807) is 23.3 Å². The van der Waals surface area contributed by atoms with Gasteiger partial charge in [0, 0.05) is 0 Å². The Morgan fingerprint density at radius 3 is 1.21 bits per heavy atom. The fraction of sp³-hybridized carbons (Fsp3) is 0.545. The molecule has 0 fully saturated rings. The summed E-state index contributed by atoms with van der Waals surface area (Å²) in [7, 11) is 0. The number of rotatable bonds is 3. The van der Waals surface area contributed by atoms with Crippen molar-refractivity contribution >= 4 is 5.43 Å². The van der Waals surface area contributed by atoms with Gasteiger partial charge >= 0.3 is 106 Å². The van der Waals surface area contributed by atoms with Crippen LogP contribution in [0.2, 0.25) is 12.1 Å². The van der Waals surface area contributed by atoms with E-state index < -0.39 is 0 Å². The van der Waals surface area contributed by atoms with Crippen molar-refractivity contribution in [1.29, 1.82) is 0 Å². The topological polar surface area (TPSA) is 0 Å². The maximum atomic E-state index is 2.51. The molecule has 0 heterocycles. The van der Waals surface area contributed by atoms with E-state index in [0.717, 1.165) is 5.54 Å². The van der Waals surface area contributed by atoms with Crippen molar-refractivity contribution in [2.24, 2.45) is 10.8 Å². The number of hydrogen-bond acceptors (Lipinski definition) is 0. The van der Waals surface area contributed by atoms with Crippen LogP contribution in [0, 0.1) is 10.8 Å². The molecule has 2 aromatic rings. The fourth-order valence-corrected chi connectivity index (χ4v) is 5.84. The quantitative estimate of drug-likeness (QED) is 0.360. The third kappa shape index (κ3) is 16.7. The predicted molar refractivity (Wildman–Crippen MR) is 109 cm³/mol. The van der Waals surface area contributed by atoms with Gasteiger partial charge in [0.1, 0.15) is 0 Å². The summed E-state index contributed by atoms with van der Waals surface area (Å²) in [5.41, 5.74) is 1.99.